The van der Waals surface area contributed by atoms with Crippen LogP contribution in [0.5, 0.6) is 0 Å². The van der Waals surface area contributed by atoms with Crippen molar-refractivity contribution in [2.45, 2.75) is 25.8 Å². The molecule has 0 aliphatic heterocycles. The number of carbonyl (C=O) groups excluding carboxylic acids is 1. The van der Waals surface area contributed by atoms with Crippen LogP contribution in [-0.4, -0.2) is 17.4 Å². The molecule has 1 aromatic rings. The average molecular weight is 330 g/mol. The van der Waals surface area contributed by atoms with Gasteiger partial charge in [-0.05, 0) is 31.5 Å². The van der Waals surface area contributed by atoms with E-state index >= 15 is 0 Å². The number of nitro benzene ring substituents is 1. The molecule has 1 amide bonds. The number of unbranched alkanes of at least 4 members (excludes halogenated alkanes) is 1. The summed E-state index contributed by atoms with van der Waals surface area (Å²) in [4.78, 5) is 21.0. The van der Waals surface area contributed by atoms with Gasteiger partial charge in [0, 0.05) is 29.1 Å². The Morgan fingerprint density at radius 3 is 2.79 bits per heavy atom. The molecule has 0 aromatic heterocycles. The van der Waals surface area contributed by atoms with Gasteiger partial charge >= 0.3 is 0 Å². The first-order valence-electron chi connectivity index (χ1n) is 5.92. The summed E-state index contributed by atoms with van der Waals surface area (Å²) < 4.78 is 0.809. The number of carbonyl (C=O) groups is 1. The quantitative estimate of drug-likeness (QED) is 0.433. The van der Waals surface area contributed by atoms with Crippen molar-refractivity contribution in [1.82, 2.24) is 5.32 Å². The van der Waals surface area contributed by atoms with E-state index in [-0.39, 0.29) is 11.6 Å². The molecule has 0 fully saturated rings. The molecule has 7 heteroatoms. The summed E-state index contributed by atoms with van der Waals surface area (Å²) in [5, 5.41) is 14.0. The molecule has 6 nitrogen and oxygen atoms in total. The molecule has 104 valence electrons. The number of rotatable bonds is 8. The summed E-state index contributed by atoms with van der Waals surface area (Å²) in [6.07, 6.45) is 1.91. The molecular weight excluding hydrogens is 314 g/mol. The maximum absolute atomic E-state index is 10.9. The Morgan fingerprint density at radius 2 is 2.16 bits per heavy atom. The number of hydrogen-bond donors (Lipinski definition) is 2. The van der Waals surface area contributed by atoms with Crippen LogP contribution in [0.25, 0.3) is 0 Å². The zero-order chi connectivity index (χ0) is 14.3. The molecule has 0 saturated carbocycles. The molecule has 1 aromatic carbocycles. The van der Waals surface area contributed by atoms with Crippen molar-refractivity contribution >= 4 is 27.5 Å². The molecule has 3 N–H and O–H groups in total. The lowest BCUT2D eigenvalue weighted by atomic mass is 10.1. The van der Waals surface area contributed by atoms with Crippen molar-refractivity contribution < 1.29 is 9.72 Å². The number of nitrogens with zero attached hydrogens (tertiary/aromatic N) is 1. The van der Waals surface area contributed by atoms with E-state index in [1.54, 1.807) is 12.1 Å². The van der Waals surface area contributed by atoms with Crippen LogP contribution < -0.4 is 11.1 Å². The van der Waals surface area contributed by atoms with Crippen molar-refractivity contribution in [3.8, 4) is 0 Å². The second-order valence-corrected chi connectivity index (χ2v) is 5.05. The molecule has 0 spiro atoms. The Labute approximate surface area is 119 Å². The van der Waals surface area contributed by atoms with Gasteiger partial charge in [0.25, 0.3) is 5.69 Å². The second-order valence-electron chi connectivity index (χ2n) is 4.13. The number of nitrogens with two attached hydrogens (primary N) is 1. The third-order valence-electron chi connectivity index (χ3n) is 2.58. The molecule has 1 rings (SSSR count). The van der Waals surface area contributed by atoms with Crippen molar-refractivity contribution in [3.63, 3.8) is 0 Å². The molecule has 0 aliphatic rings. The Balaban J connectivity index is 2.42. The van der Waals surface area contributed by atoms with Crippen LogP contribution in [0.4, 0.5) is 5.69 Å². The maximum Gasteiger partial charge on any atom is 0.273 e. The molecular formula is C12H16BrN3O3. The first-order valence-corrected chi connectivity index (χ1v) is 6.72. The summed E-state index contributed by atoms with van der Waals surface area (Å²) in [5.74, 6) is -0.303. The number of primary amides is 1. The monoisotopic (exact) mass is 329 g/mol. The molecule has 0 aliphatic carbocycles. The van der Waals surface area contributed by atoms with Gasteiger partial charge < -0.3 is 11.1 Å². The standard InChI is InChI=1S/C12H16BrN3O3/c13-10-4-5-11(16(18)19)9(7-10)8-15-6-2-1-3-12(14)17/h4-5,7,15H,1-3,6,8H2,(H2,14,17). The number of nitrogens with one attached hydrogen (secondary N) is 1. The minimum Gasteiger partial charge on any atom is -0.370 e. The average Bonchev–Trinajstić information content (AvgIpc) is 2.33. The fraction of sp³-hybridized carbons (Fsp3) is 0.417. The van der Waals surface area contributed by atoms with E-state index in [0.29, 0.717) is 25.1 Å². The second kappa shape index (κ2) is 7.85. The molecule has 0 radical (unpaired) electrons. The topological polar surface area (TPSA) is 98.3 Å². The Hall–Kier alpha value is -1.47. The lowest BCUT2D eigenvalue weighted by molar-refractivity contribution is -0.385. The molecule has 0 atom stereocenters. The van der Waals surface area contributed by atoms with Crippen molar-refractivity contribution in [3.05, 3.63) is 38.3 Å². The predicted octanol–water partition coefficient (Wildman–Crippen LogP) is 2.10. The van der Waals surface area contributed by atoms with E-state index in [1.165, 1.54) is 6.07 Å². The van der Waals surface area contributed by atoms with Crippen LogP contribution in [0.3, 0.4) is 0 Å². The fourth-order valence-electron chi connectivity index (χ4n) is 1.65. The number of benzene rings is 1. The summed E-state index contributed by atoms with van der Waals surface area (Å²) in [6.45, 7) is 1.11. The van der Waals surface area contributed by atoms with E-state index in [9.17, 15) is 14.9 Å². The lowest BCUT2D eigenvalue weighted by Gasteiger charge is -2.06. The van der Waals surface area contributed by atoms with Crippen molar-refractivity contribution in [1.29, 1.82) is 0 Å². The van der Waals surface area contributed by atoms with Gasteiger partial charge in [-0.25, -0.2) is 0 Å². The Bertz CT molecular complexity index is 466. The third-order valence-corrected chi connectivity index (χ3v) is 3.07. The molecule has 0 saturated heterocycles. The highest BCUT2D eigenvalue weighted by Crippen LogP contribution is 2.22. The van der Waals surface area contributed by atoms with E-state index in [0.717, 1.165) is 17.3 Å². The summed E-state index contributed by atoms with van der Waals surface area (Å²) in [7, 11) is 0. The number of halogens is 1. The minimum absolute atomic E-state index is 0.104. The summed E-state index contributed by atoms with van der Waals surface area (Å²) in [5.41, 5.74) is 5.77. The predicted molar refractivity (Wildman–Crippen MR) is 75.5 cm³/mol. The normalized spacial score (nSPS) is 10.4. The van der Waals surface area contributed by atoms with Gasteiger partial charge in [-0.15, -0.1) is 0 Å². The van der Waals surface area contributed by atoms with E-state index in [1.807, 2.05) is 0 Å². The molecule has 0 unspecified atom stereocenters. The molecule has 0 bridgehead atoms. The van der Waals surface area contributed by atoms with Crippen LogP contribution in [0, 0.1) is 10.1 Å². The Morgan fingerprint density at radius 1 is 1.42 bits per heavy atom. The molecule has 19 heavy (non-hydrogen) atoms. The fourth-order valence-corrected chi connectivity index (χ4v) is 2.05. The van der Waals surface area contributed by atoms with Gasteiger partial charge in [-0.2, -0.15) is 0 Å². The van der Waals surface area contributed by atoms with Crippen LogP contribution in [-0.2, 0) is 11.3 Å². The van der Waals surface area contributed by atoms with Crippen molar-refractivity contribution in [2.75, 3.05) is 6.54 Å². The van der Waals surface area contributed by atoms with E-state index < -0.39 is 4.92 Å². The van der Waals surface area contributed by atoms with E-state index in [4.69, 9.17) is 5.73 Å². The van der Waals surface area contributed by atoms with Gasteiger partial charge in [-0.1, -0.05) is 15.9 Å². The third kappa shape index (κ3) is 5.80. The first-order chi connectivity index (χ1) is 9.00. The Kier molecular flexibility index (Phi) is 6.44. The number of hydrogen-bond acceptors (Lipinski definition) is 4. The SMILES string of the molecule is NC(=O)CCCCNCc1cc(Br)ccc1[N+](=O)[O-]. The number of amides is 1. The van der Waals surface area contributed by atoms with Gasteiger partial charge in [0.05, 0.1) is 4.92 Å². The highest BCUT2D eigenvalue weighted by molar-refractivity contribution is 9.10. The zero-order valence-corrected chi connectivity index (χ0v) is 12.0. The smallest absolute Gasteiger partial charge is 0.273 e. The first kappa shape index (κ1) is 15.6. The van der Waals surface area contributed by atoms with Crippen LogP contribution in [0.2, 0.25) is 0 Å². The summed E-state index contributed by atoms with van der Waals surface area (Å²) in [6, 6.07) is 4.86. The zero-order valence-electron chi connectivity index (χ0n) is 10.4. The maximum atomic E-state index is 10.9. The van der Waals surface area contributed by atoms with Gasteiger partial charge in [0.1, 0.15) is 0 Å². The van der Waals surface area contributed by atoms with Gasteiger partial charge in [-0.3, -0.25) is 14.9 Å². The lowest BCUT2D eigenvalue weighted by Crippen LogP contribution is -2.17. The molecule has 0 heterocycles. The van der Waals surface area contributed by atoms with Gasteiger partial charge in [0.2, 0.25) is 5.91 Å². The highest BCUT2D eigenvalue weighted by atomic mass is 79.9. The van der Waals surface area contributed by atoms with E-state index in [2.05, 4.69) is 21.2 Å². The van der Waals surface area contributed by atoms with Crippen molar-refractivity contribution in [2.24, 2.45) is 5.73 Å². The summed E-state index contributed by atoms with van der Waals surface area (Å²) >= 11 is 3.29. The van der Waals surface area contributed by atoms with Crippen LogP contribution in [0.1, 0.15) is 24.8 Å². The number of nitro groups is 1. The minimum atomic E-state index is -0.392. The van der Waals surface area contributed by atoms with Crippen LogP contribution in [0.15, 0.2) is 22.7 Å². The highest BCUT2D eigenvalue weighted by Gasteiger charge is 2.12. The van der Waals surface area contributed by atoms with Gasteiger partial charge in [0.15, 0.2) is 0 Å². The van der Waals surface area contributed by atoms with Crippen LogP contribution >= 0.6 is 15.9 Å². The largest absolute Gasteiger partial charge is 0.370 e.